The molecule has 3 nitrogen and oxygen atoms in total. The second kappa shape index (κ2) is 2.41. The quantitative estimate of drug-likeness (QED) is 0.578. The molecule has 1 aromatic rings. The molecular formula is C8H9ClN2O. The molecule has 0 bridgehead atoms. The third-order valence-electron chi connectivity index (χ3n) is 2.06. The Balaban J connectivity index is 2.55. The number of hydrogen-bond acceptors (Lipinski definition) is 3. The Hall–Kier alpha value is -0.670. The normalized spacial score (nSPS) is 19.2. The molecule has 12 heavy (non-hydrogen) atoms. The van der Waals surface area contributed by atoms with Gasteiger partial charge in [0.1, 0.15) is 0 Å². The van der Waals surface area contributed by atoms with Gasteiger partial charge in [0.2, 0.25) is 5.28 Å². The van der Waals surface area contributed by atoms with E-state index in [0.717, 1.165) is 11.3 Å². The fourth-order valence-electron chi connectivity index (χ4n) is 1.33. The molecule has 0 spiro atoms. The third-order valence-corrected chi connectivity index (χ3v) is 2.24. The minimum absolute atomic E-state index is 0.264. The van der Waals surface area contributed by atoms with Gasteiger partial charge < -0.3 is 4.74 Å². The lowest BCUT2D eigenvalue weighted by Gasteiger charge is -2.16. The first kappa shape index (κ1) is 7.95. The standard InChI is InChI=1S/C8H9ClN2O/c1-8(2)5-3-10-7(9)11-6(5)4-12-8/h3H,4H2,1-2H3. The van der Waals surface area contributed by atoms with Crippen LogP contribution in [0.15, 0.2) is 6.20 Å². The van der Waals surface area contributed by atoms with E-state index in [0.29, 0.717) is 6.61 Å². The van der Waals surface area contributed by atoms with Crippen LogP contribution in [0.2, 0.25) is 5.28 Å². The average molecular weight is 185 g/mol. The van der Waals surface area contributed by atoms with Gasteiger partial charge in [0, 0.05) is 11.8 Å². The summed E-state index contributed by atoms with van der Waals surface area (Å²) < 4.78 is 5.50. The summed E-state index contributed by atoms with van der Waals surface area (Å²) in [5, 5.41) is 0.287. The number of aromatic nitrogens is 2. The van der Waals surface area contributed by atoms with Crippen molar-refractivity contribution in [3.05, 3.63) is 22.7 Å². The van der Waals surface area contributed by atoms with Gasteiger partial charge in [0.15, 0.2) is 0 Å². The zero-order chi connectivity index (χ0) is 8.77. The number of halogens is 1. The number of ether oxygens (including phenoxy) is 1. The lowest BCUT2D eigenvalue weighted by molar-refractivity contribution is -0.00849. The van der Waals surface area contributed by atoms with Gasteiger partial charge in [-0.3, -0.25) is 0 Å². The molecule has 0 unspecified atom stereocenters. The van der Waals surface area contributed by atoms with Crippen LogP contribution in [-0.2, 0) is 16.9 Å². The third kappa shape index (κ3) is 1.09. The Labute approximate surface area is 75.7 Å². The first-order valence-corrected chi connectivity index (χ1v) is 4.13. The molecule has 2 rings (SSSR count). The van der Waals surface area contributed by atoms with E-state index in [9.17, 15) is 0 Å². The van der Waals surface area contributed by atoms with Crippen molar-refractivity contribution in [3.63, 3.8) is 0 Å². The van der Waals surface area contributed by atoms with E-state index in [4.69, 9.17) is 16.3 Å². The molecule has 2 heterocycles. The summed E-state index contributed by atoms with van der Waals surface area (Å²) in [6, 6.07) is 0. The predicted molar refractivity (Wildman–Crippen MR) is 44.9 cm³/mol. The van der Waals surface area contributed by atoms with E-state index in [1.165, 1.54) is 0 Å². The van der Waals surface area contributed by atoms with Crippen molar-refractivity contribution >= 4 is 11.6 Å². The maximum atomic E-state index is 5.64. The van der Waals surface area contributed by atoms with Gasteiger partial charge in [-0.2, -0.15) is 0 Å². The van der Waals surface area contributed by atoms with Crippen LogP contribution in [0.1, 0.15) is 25.1 Å². The van der Waals surface area contributed by atoms with Crippen LogP contribution in [0, 0.1) is 0 Å². The minimum atomic E-state index is -0.264. The van der Waals surface area contributed by atoms with Crippen LogP contribution in [0.25, 0.3) is 0 Å². The predicted octanol–water partition coefficient (Wildman–Crippen LogP) is 1.90. The van der Waals surface area contributed by atoms with Gasteiger partial charge in [-0.1, -0.05) is 0 Å². The molecule has 0 N–H and O–H groups in total. The number of fused-ring (bicyclic) bond motifs is 1. The molecule has 0 saturated carbocycles. The summed E-state index contributed by atoms with van der Waals surface area (Å²) in [7, 11) is 0. The molecule has 4 heteroatoms. The molecule has 1 aromatic heterocycles. The fourth-order valence-corrected chi connectivity index (χ4v) is 1.48. The lowest BCUT2D eigenvalue weighted by Crippen LogP contribution is -2.14. The average Bonchev–Trinajstić information content (AvgIpc) is 2.27. The van der Waals surface area contributed by atoms with Crippen LogP contribution in [0.4, 0.5) is 0 Å². The zero-order valence-corrected chi connectivity index (χ0v) is 7.72. The highest BCUT2D eigenvalue weighted by atomic mass is 35.5. The molecule has 0 fully saturated rings. The fraction of sp³-hybridized carbons (Fsp3) is 0.500. The SMILES string of the molecule is CC1(C)OCc2nc(Cl)ncc21. The molecule has 1 aliphatic heterocycles. The van der Waals surface area contributed by atoms with E-state index in [1.54, 1.807) is 6.20 Å². The van der Waals surface area contributed by atoms with Gasteiger partial charge in [-0.15, -0.1) is 0 Å². The maximum absolute atomic E-state index is 5.64. The summed E-state index contributed by atoms with van der Waals surface area (Å²) in [6.07, 6.45) is 1.73. The summed E-state index contributed by atoms with van der Waals surface area (Å²) in [4.78, 5) is 8.00. The molecule has 0 aliphatic carbocycles. The number of hydrogen-bond donors (Lipinski definition) is 0. The number of nitrogens with zero attached hydrogens (tertiary/aromatic N) is 2. The maximum Gasteiger partial charge on any atom is 0.222 e. The number of rotatable bonds is 0. The van der Waals surface area contributed by atoms with Gasteiger partial charge in [0.25, 0.3) is 0 Å². The highest BCUT2D eigenvalue weighted by Gasteiger charge is 2.32. The van der Waals surface area contributed by atoms with E-state index in [-0.39, 0.29) is 10.9 Å². The molecular weight excluding hydrogens is 176 g/mol. The van der Waals surface area contributed by atoms with Crippen molar-refractivity contribution in [2.45, 2.75) is 26.1 Å². The summed E-state index contributed by atoms with van der Waals surface area (Å²) in [5.41, 5.74) is 1.67. The van der Waals surface area contributed by atoms with Crippen molar-refractivity contribution in [3.8, 4) is 0 Å². The van der Waals surface area contributed by atoms with Crippen LogP contribution < -0.4 is 0 Å². The zero-order valence-electron chi connectivity index (χ0n) is 6.97. The van der Waals surface area contributed by atoms with Gasteiger partial charge >= 0.3 is 0 Å². The Morgan fingerprint density at radius 2 is 2.33 bits per heavy atom. The van der Waals surface area contributed by atoms with Crippen molar-refractivity contribution in [2.24, 2.45) is 0 Å². The Bertz CT molecular complexity index is 325. The van der Waals surface area contributed by atoms with Crippen LogP contribution in [0.3, 0.4) is 0 Å². The summed E-state index contributed by atoms with van der Waals surface area (Å²) in [6.45, 7) is 4.52. The molecule has 0 amide bonds. The molecule has 0 saturated heterocycles. The first-order valence-electron chi connectivity index (χ1n) is 3.75. The van der Waals surface area contributed by atoms with Crippen molar-refractivity contribution in [2.75, 3.05) is 0 Å². The van der Waals surface area contributed by atoms with Crippen LogP contribution in [0.5, 0.6) is 0 Å². The van der Waals surface area contributed by atoms with E-state index < -0.39 is 0 Å². The second-order valence-electron chi connectivity index (χ2n) is 3.30. The first-order chi connectivity index (χ1) is 5.59. The largest absolute Gasteiger partial charge is 0.364 e. The molecule has 0 atom stereocenters. The Morgan fingerprint density at radius 3 is 3.08 bits per heavy atom. The second-order valence-corrected chi connectivity index (χ2v) is 3.64. The molecule has 1 aliphatic rings. The van der Waals surface area contributed by atoms with Gasteiger partial charge in [-0.25, -0.2) is 9.97 Å². The topological polar surface area (TPSA) is 35.0 Å². The Kier molecular flexibility index (Phi) is 1.59. The monoisotopic (exact) mass is 184 g/mol. The van der Waals surface area contributed by atoms with Crippen molar-refractivity contribution in [1.82, 2.24) is 9.97 Å². The van der Waals surface area contributed by atoms with E-state index >= 15 is 0 Å². The van der Waals surface area contributed by atoms with E-state index in [2.05, 4.69) is 9.97 Å². The Morgan fingerprint density at radius 1 is 1.58 bits per heavy atom. The summed E-state index contributed by atoms with van der Waals surface area (Å²) >= 11 is 5.64. The minimum Gasteiger partial charge on any atom is -0.364 e. The highest BCUT2D eigenvalue weighted by molar-refractivity contribution is 6.28. The molecule has 0 radical (unpaired) electrons. The summed E-state index contributed by atoms with van der Waals surface area (Å²) in [5.74, 6) is 0. The lowest BCUT2D eigenvalue weighted by atomic mass is 10.0. The smallest absolute Gasteiger partial charge is 0.222 e. The molecule has 0 aromatic carbocycles. The van der Waals surface area contributed by atoms with Crippen LogP contribution in [-0.4, -0.2) is 9.97 Å². The highest BCUT2D eigenvalue weighted by Crippen LogP contribution is 2.34. The van der Waals surface area contributed by atoms with E-state index in [1.807, 2.05) is 13.8 Å². The molecule has 64 valence electrons. The van der Waals surface area contributed by atoms with Gasteiger partial charge in [0.05, 0.1) is 17.9 Å². The van der Waals surface area contributed by atoms with Gasteiger partial charge in [-0.05, 0) is 25.4 Å². The van der Waals surface area contributed by atoms with Crippen molar-refractivity contribution < 1.29 is 4.74 Å². The van der Waals surface area contributed by atoms with Crippen LogP contribution >= 0.6 is 11.6 Å². The van der Waals surface area contributed by atoms with Crippen molar-refractivity contribution in [1.29, 1.82) is 0 Å².